The molecule has 1 aromatic rings. The van der Waals surface area contributed by atoms with Crippen molar-refractivity contribution in [2.75, 3.05) is 13.7 Å². The Balaban J connectivity index is 2.94. The lowest BCUT2D eigenvalue weighted by Gasteiger charge is -2.28. The quantitative estimate of drug-likeness (QED) is 0.741. The third-order valence-electron chi connectivity index (χ3n) is 3.07. The highest BCUT2D eigenvalue weighted by Crippen LogP contribution is 2.31. The summed E-state index contributed by atoms with van der Waals surface area (Å²) < 4.78 is 5.10. The van der Waals surface area contributed by atoms with Gasteiger partial charge >= 0.3 is 0 Å². The van der Waals surface area contributed by atoms with E-state index in [1.165, 1.54) is 0 Å². The fourth-order valence-electron chi connectivity index (χ4n) is 1.84. The maximum Gasteiger partial charge on any atom is 0.118 e. The summed E-state index contributed by atoms with van der Waals surface area (Å²) in [5.74, 6) is 0.794. The van der Waals surface area contributed by atoms with Crippen molar-refractivity contribution < 1.29 is 14.9 Å². The highest BCUT2D eigenvalue weighted by atomic mass is 16.5. The zero-order valence-corrected chi connectivity index (χ0v) is 10.4. The lowest BCUT2D eigenvalue weighted by Crippen LogP contribution is -2.27. The summed E-state index contributed by atoms with van der Waals surface area (Å²) >= 11 is 0. The molecule has 1 rings (SSSR count). The Hall–Kier alpha value is -1.32. The molecule has 94 valence electrons. The first-order chi connectivity index (χ1) is 8.05. The van der Waals surface area contributed by atoms with Gasteiger partial charge in [0, 0.05) is 5.41 Å². The van der Waals surface area contributed by atoms with Gasteiger partial charge in [0.15, 0.2) is 0 Å². The van der Waals surface area contributed by atoms with Gasteiger partial charge in [-0.15, -0.1) is 6.58 Å². The first-order valence-corrected chi connectivity index (χ1v) is 5.63. The van der Waals surface area contributed by atoms with Gasteiger partial charge in [-0.25, -0.2) is 0 Å². The molecule has 2 atom stereocenters. The van der Waals surface area contributed by atoms with E-state index in [0.717, 1.165) is 11.3 Å². The van der Waals surface area contributed by atoms with E-state index in [-0.39, 0.29) is 12.0 Å². The number of ether oxygens (including phenoxy) is 1. The van der Waals surface area contributed by atoms with Crippen molar-refractivity contribution in [3.05, 3.63) is 42.5 Å². The Kier molecular flexibility index (Phi) is 4.73. The van der Waals surface area contributed by atoms with Crippen LogP contribution in [0, 0.1) is 0 Å². The van der Waals surface area contributed by atoms with E-state index in [2.05, 4.69) is 6.58 Å². The van der Waals surface area contributed by atoms with Crippen molar-refractivity contribution in [1.82, 2.24) is 0 Å². The van der Waals surface area contributed by atoms with Crippen molar-refractivity contribution in [1.29, 1.82) is 0 Å². The lowest BCUT2D eigenvalue weighted by atomic mass is 9.78. The SMILES string of the molecule is C=C[C@@](C)(C[C@@H](O)CO)c1ccc(OC)cc1. The van der Waals surface area contributed by atoms with Gasteiger partial charge in [0.25, 0.3) is 0 Å². The van der Waals surface area contributed by atoms with Crippen LogP contribution in [0.2, 0.25) is 0 Å². The number of allylic oxidation sites excluding steroid dienone is 1. The van der Waals surface area contributed by atoms with E-state index in [1.807, 2.05) is 31.2 Å². The van der Waals surface area contributed by atoms with Crippen LogP contribution in [0.4, 0.5) is 0 Å². The third kappa shape index (κ3) is 3.32. The van der Waals surface area contributed by atoms with E-state index < -0.39 is 6.10 Å². The molecule has 3 heteroatoms. The van der Waals surface area contributed by atoms with Crippen molar-refractivity contribution in [2.45, 2.75) is 24.9 Å². The number of benzene rings is 1. The minimum Gasteiger partial charge on any atom is -0.497 e. The topological polar surface area (TPSA) is 49.7 Å². The summed E-state index contributed by atoms with van der Waals surface area (Å²) in [4.78, 5) is 0. The van der Waals surface area contributed by atoms with E-state index in [4.69, 9.17) is 9.84 Å². The van der Waals surface area contributed by atoms with Crippen LogP contribution < -0.4 is 4.74 Å². The Morgan fingerprint density at radius 3 is 2.41 bits per heavy atom. The lowest BCUT2D eigenvalue weighted by molar-refractivity contribution is 0.0758. The largest absolute Gasteiger partial charge is 0.497 e. The minimum absolute atomic E-state index is 0.237. The Bertz CT molecular complexity index is 358. The summed E-state index contributed by atoms with van der Waals surface area (Å²) in [5, 5.41) is 18.5. The smallest absolute Gasteiger partial charge is 0.118 e. The van der Waals surface area contributed by atoms with Gasteiger partial charge in [-0.2, -0.15) is 0 Å². The van der Waals surface area contributed by atoms with Crippen LogP contribution >= 0.6 is 0 Å². The molecular formula is C14H20O3. The highest BCUT2D eigenvalue weighted by molar-refractivity contribution is 5.34. The van der Waals surface area contributed by atoms with E-state index in [1.54, 1.807) is 13.2 Å². The van der Waals surface area contributed by atoms with Crippen molar-refractivity contribution >= 4 is 0 Å². The minimum atomic E-state index is -0.736. The summed E-state index contributed by atoms with van der Waals surface area (Å²) in [7, 11) is 1.62. The van der Waals surface area contributed by atoms with Gasteiger partial charge in [-0.05, 0) is 24.1 Å². The molecule has 0 aliphatic rings. The zero-order valence-electron chi connectivity index (χ0n) is 10.4. The van der Waals surface area contributed by atoms with Crippen LogP contribution in [0.1, 0.15) is 18.9 Å². The summed E-state index contributed by atoms with van der Waals surface area (Å²) in [6.07, 6.45) is 1.51. The molecule has 0 fully saturated rings. The molecule has 0 aliphatic carbocycles. The molecule has 0 aromatic heterocycles. The Morgan fingerprint density at radius 2 is 2.00 bits per heavy atom. The second-order valence-corrected chi connectivity index (χ2v) is 4.39. The molecule has 0 saturated heterocycles. The maximum atomic E-state index is 9.56. The maximum absolute atomic E-state index is 9.56. The van der Waals surface area contributed by atoms with E-state index in [0.29, 0.717) is 6.42 Å². The molecule has 0 heterocycles. The van der Waals surface area contributed by atoms with Crippen LogP contribution in [0.25, 0.3) is 0 Å². The standard InChI is InChI=1S/C14H20O3/c1-4-14(2,9-12(16)10-15)11-5-7-13(17-3)8-6-11/h4-8,12,15-16H,1,9-10H2,2-3H3/t12-,14+/m1/s1. The molecule has 0 spiro atoms. The molecule has 0 amide bonds. The summed E-state index contributed by atoms with van der Waals surface area (Å²) in [5.41, 5.74) is 0.690. The van der Waals surface area contributed by atoms with Crippen LogP contribution in [0.5, 0.6) is 5.75 Å². The van der Waals surface area contributed by atoms with Gasteiger partial charge in [0.05, 0.1) is 19.8 Å². The predicted octanol–water partition coefficient (Wildman–Crippen LogP) is 1.88. The monoisotopic (exact) mass is 236 g/mol. The van der Waals surface area contributed by atoms with E-state index >= 15 is 0 Å². The molecule has 0 radical (unpaired) electrons. The van der Waals surface area contributed by atoms with Crippen LogP contribution in [0.15, 0.2) is 36.9 Å². The highest BCUT2D eigenvalue weighted by Gasteiger charge is 2.26. The number of rotatable bonds is 6. The molecule has 0 saturated carbocycles. The molecule has 3 nitrogen and oxygen atoms in total. The van der Waals surface area contributed by atoms with Gasteiger partial charge in [0.1, 0.15) is 5.75 Å². The predicted molar refractivity (Wildman–Crippen MR) is 68.3 cm³/mol. The zero-order chi connectivity index (χ0) is 12.9. The third-order valence-corrected chi connectivity index (χ3v) is 3.07. The molecule has 17 heavy (non-hydrogen) atoms. The van der Waals surface area contributed by atoms with Crippen LogP contribution in [-0.2, 0) is 5.41 Å². The Labute approximate surface area is 102 Å². The van der Waals surface area contributed by atoms with Crippen LogP contribution in [-0.4, -0.2) is 30.0 Å². The fourth-order valence-corrected chi connectivity index (χ4v) is 1.84. The molecule has 0 aliphatic heterocycles. The fraction of sp³-hybridized carbons (Fsp3) is 0.429. The van der Waals surface area contributed by atoms with Crippen molar-refractivity contribution in [3.8, 4) is 5.75 Å². The number of hydrogen-bond acceptors (Lipinski definition) is 3. The van der Waals surface area contributed by atoms with Gasteiger partial charge in [-0.1, -0.05) is 25.1 Å². The van der Waals surface area contributed by atoms with Crippen molar-refractivity contribution in [3.63, 3.8) is 0 Å². The van der Waals surface area contributed by atoms with Gasteiger partial charge in [-0.3, -0.25) is 0 Å². The summed E-state index contributed by atoms with van der Waals surface area (Å²) in [6, 6.07) is 7.65. The summed E-state index contributed by atoms with van der Waals surface area (Å²) in [6.45, 7) is 5.57. The first kappa shape index (κ1) is 13.7. The number of aliphatic hydroxyl groups excluding tert-OH is 2. The second-order valence-electron chi connectivity index (χ2n) is 4.39. The number of hydrogen-bond donors (Lipinski definition) is 2. The molecular weight excluding hydrogens is 216 g/mol. The van der Waals surface area contributed by atoms with Crippen LogP contribution in [0.3, 0.4) is 0 Å². The molecule has 1 aromatic carbocycles. The average molecular weight is 236 g/mol. The number of aliphatic hydroxyl groups is 2. The molecule has 0 bridgehead atoms. The second kappa shape index (κ2) is 5.84. The normalized spacial score (nSPS) is 16.0. The van der Waals surface area contributed by atoms with E-state index in [9.17, 15) is 5.11 Å². The molecule has 0 unspecified atom stereocenters. The molecule has 2 N–H and O–H groups in total. The van der Waals surface area contributed by atoms with Gasteiger partial charge < -0.3 is 14.9 Å². The Morgan fingerprint density at radius 1 is 1.41 bits per heavy atom. The van der Waals surface area contributed by atoms with Gasteiger partial charge in [0.2, 0.25) is 0 Å². The first-order valence-electron chi connectivity index (χ1n) is 5.63. The van der Waals surface area contributed by atoms with Crippen molar-refractivity contribution in [2.24, 2.45) is 0 Å². The number of methoxy groups -OCH3 is 1. The average Bonchev–Trinajstić information content (AvgIpc) is 2.38.